The maximum Gasteiger partial charge on any atom is 0.421 e. The van der Waals surface area contributed by atoms with Crippen molar-refractivity contribution in [3.05, 3.63) is 52.1 Å². The highest BCUT2D eigenvalue weighted by Crippen LogP contribution is 2.38. The van der Waals surface area contributed by atoms with E-state index in [9.17, 15) is 13.2 Å². The van der Waals surface area contributed by atoms with E-state index in [2.05, 4.69) is 20.9 Å². The van der Waals surface area contributed by atoms with Gasteiger partial charge in [0.15, 0.2) is 0 Å². The molecule has 0 radical (unpaired) electrons. The predicted octanol–water partition coefficient (Wildman–Crippen LogP) is 4.16. The predicted molar refractivity (Wildman–Crippen MR) is 76.2 cm³/mol. The minimum absolute atomic E-state index is 0.237. The Kier molecular flexibility index (Phi) is 4.84. The summed E-state index contributed by atoms with van der Waals surface area (Å²) in [5.74, 6) is -0.187. The number of nitrogens with zero attached hydrogens (tertiary/aromatic N) is 1. The van der Waals surface area contributed by atoms with Crippen LogP contribution in [0.4, 0.5) is 13.2 Å². The molecule has 7 heteroatoms. The number of hydrogen-bond acceptors (Lipinski definition) is 3. The van der Waals surface area contributed by atoms with Crippen LogP contribution >= 0.6 is 15.9 Å². The monoisotopic (exact) mass is 360 g/mol. The van der Waals surface area contributed by atoms with Crippen molar-refractivity contribution in [2.45, 2.75) is 12.6 Å². The highest BCUT2D eigenvalue weighted by Gasteiger charge is 2.35. The second-order valence-corrected chi connectivity index (χ2v) is 5.20. The summed E-state index contributed by atoms with van der Waals surface area (Å²) in [5.41, 5.74) is 5.50. The summed E-state index contributed by atoms with van der Waals surface area (Å²) in [7, 11) is 0. The van der Waals surface area contributed by atoms with E-state index in [-0.39, 0.29) is 10.2 Å². The smallest absolute Gasteiger partial charge is 0.421 e. The van der Waals surface area contributed by atoms with Crippen molar-refractivity contribution in [2.75, 3.05) is 6.54 Å². The number of nitrogens with two attached hydrogens (primary N) is 1. The van der Waals surface area contributed by atoms with Crippen LogP contribution in [0.3, 0.4) is 0 Å². The van der Waals surface area contributed by atoms with Gasteiger partial charge in [0.2, 0.25) is 5.88 Å². The Balaban J connectivity index is 2.27. The van der Waals surface area contributed by atoms with Gasteiger partial charge in [0.25, 0.3) is 0 Å². The van der Waals surface area contributed by atoms with Crippen LogP contribution in [0.2, 0.25) is 0 Å². The summed E-state index contributed by atoms with van der Waals surface area (Å²) in [6.45, 7) is 0.507. The van der Waals surface area contributed by atoms with Gasteiger partial charge in [0.05, 0.1) is 0 Å². The molecule has 0 aliphatic heterocycles. The van der Waals surface area contributed by atoms with Crippen molar-refractivity contribution in [1.82, 2.24) is 4.98 Å². The van der Waals surface area contributed by atoms with Crippen molar-refractivity contribution in [2.24, 2.45) is 5.73 Å². The number of benzene rings is 1. The maximum absolute atomic E-state index is 12.9. The molecule has 21 heavy (non-hydrogen) atoms. The number of pyridine rings is 1. The molecular formula is C14H12BrF3N2O. The van der Waals surface area contributed by atoms with Gasteiger partial charge in [-0.2, -0.15) is 13.2 Å². The van der Waals surface area contributed by atoms with E-state index in [0.29, 0.717) is 13.0 Å². The lowest BCUT2D eigenvalue weighted by molar-refractivity contribution is -0.138. The molecule has 2 aromatic rings. The normalized spacial score (nSPS) is 11.5. The molecule has 1 heterocycles. The SMILES string of the molecule is NCCc1ccc(Oc2ncc(Br)cc2C(F)(F)F)cc1. The van der Waals surface area contributed by atoms with Gasteiger partial charge in [-0.15, -0.1) is 0 Å². The van der Waals surface area contributed by atoms with E-state index < -0.39 is 17.6 Å². The van der Waals surface area contributed by atoms with Crippen LogP contribution in [0.25, 0.3) is 0 Å². The molecule has 0 saturated carbocycles. The summed E-state index contributed by atoms with van der Waals surface area (Å²) in [5, 5.41) is 0. The Bertz CT molecular complexity index is 615. The third kappa shape index (κ3) is 4.18. The number of ether oxygens (including phenoxy) is 1. The van der Waals surface area contributed by atoms with E-state index in [1.807, 2.05) is 0 Å². The molecule has 0 unspecified atom stereocenters. The Morgan fingerprint density at radius 1 is 1.19 bits per heavy atom. The molecule has 2 rings (SSSR count). The third-order valence-electron chi connectivity index (χ3n) is 2.69. The molecule has 2 N–H and O–H groups in total. The zero-order chi connectivity index (χ0) is 15.5. The highest BCUT2D eigenvalue weighted by atomic mass is 79.9. The molecule has 0 spiro atoms. The Morgan fingerprint density at radius 3 is 2.43 bits per heavy atom. The van der Waals surface area contributed by atoms with Crippen molar-refractivity contribution >= 4 is 15.9 Å². The van der Waals surface area contributed by atoms with Gasteiger partial charge in [0, 0.05) is 10.7 Å². The van der Waals surface area contributed by atoms with E-state index in [4.69, 9.17) is 10.5 Å². The van der Waals surface area contributed by atoms with Gasteiger partial charge >= 0.3 is 6.18 Å². The van der Waals surface area contributed by atoms with E-state index in [1.165, 1.54) is 6.20 Å². The summed E-state index contributed by atoms with van der Waals surface area (Å²) in [6.07, 6.45) is -2.58. The van der Waals surface area contributed by atoms with Crippen LogP contribution in [-0.4, -0.2) is 11.5 Å². The van der Waals surface area contributed by atoms with E-state index >= 15 is 0 Å². The molecule has 0 aliphatic carbocycles. The van der Waals surface area contributed by atoms with Crippen LogP contribution in [0, 0.1) is 0 Å². The van der Waals surface area contributed by atoms with Gasteiger partial charge in [0.1, 0.15) is 11.3 Å². The standard InChI is InChI=1S/C14H12BrF3N2O/c15-10-7-12(14(16,17)18)13(20-8-10)21-11-3-1-9(2-4-11)5-6-19/h1-4,7-8H,5-6,19H2. The zero-order valence-electron chi connectivity index (χ0n) is 10.8. The first-order valence-electron chi connectivity index (χ1n) is 6.10. The summed E-state index contributed by atoms with van der Waals surface area (Å²) >= 11 is 2.97. The fourth-order valence-corrected chi connectivity index (χ4v) is 2.04. The third-order valence-corrected chi connectivity index (χ3v) is 3.13. The minimum Gasteiger partial charge on any atom is -0.438 e. The average Bonchev–Trinajstić information content (AvgIpc) is 2.42. The number of rotatable bonds is 4. The number of alkyl halides is 3. The first-order chi connectivity index (χ1) is 9.90. The van der Waals surface area contributed by atoms with Crippen LogP contribution in [-0.2, 0) is 12.6 Å². The molecule has 3 nitrogen and oxygen atoms in total. The molecule has 0 saturated heterocycles. The van der Waals surface area contributed by atoms with Crippen LogP contribution in [0.1, 0.15) is 11.1 Å². The molecule has 1 aromatic heterocycles. The van der Waals surface area contributed by atoms with Gasteiger partial charge in [-0.1, -0.05) is 12.1 Å². The summed E-state index contributed by atoms with van der Waals surface area (Å²) in [6, 6.07) is 7.64. The fourth-order valence-electron chi connectivity index (χ4n) is 1.71. The van der Waals surface area contributed by atoms with E-state index in [0.717, 1.165) is 11.6 Å². The fraction of sp³-hybridized carbons (Fsp3) is 0.214. The Morgan fingerprint density at radius 2 is 1.86 bits per heavy atom. The molecule has 0 bridgehead atoms. The first kappa shape index (κ1) is 15.8. The van der Waals surface area contributed by atoms with Crippen LogP contribution in [0.15, 0.2) is 41.0 Å². The molecule has 0 fully saturated rings. The van der Waals surface area contributed by atoms with Gasteiger partial charge in [-0.25, -0.2) is 4.98 Å². The lowest BCUT2D eigenvalue weighted by Crippen LogP contribution is -2.08. The number of halogens is 4. The second-order valence-electron chi connectivity index (χ2n) is 4.29. The molecule has 1 aromatic carbocycles. The summed E-state index contributed by atoms with van der Waals surface area (Å²) < 4.78 is 44.3. The lowest BCUT2D eigenvalue weighted by Gasteiger charge is -2.13. The number of aromatic nitrogens is 1. The Labute approximate surface area is 128 Å². The van der Waals surface area contributed by atoms with Crippen molar-refractivity contribution in [3.8, 4) is 11.6 Å². The van der Waals surface area contributed by atoms with Crippen molar-refractivity contribution in [1.29, 1.82) is 0 Å². The molecule has 0 atom stereocenters. The second kappa shape index (κ2) is 6.44. The zero-order valence-corrected chi connectivity index (χ0v) is 12.4. The lowest BCUT2D eigenvalue weighted by atomic mass is 10.1. The van der Waals surface area contributed by atoms with Crippen LogP contribution in [0.5, 0.6) is 11.6 Å². The largest absolute Gasteiger partial charge is 0.438 e. The summed E-state index contributed by atoms with van der Waals surface area (Å²) in [4.78, 5) is 3.69. The van der Waals surface area contributed by atoms with Gasteiger partial charge in [-0.05, 0) is 52.7 Å². The Hall–Kier alpha value is -1.60. The van der Waals surface area contributed by atoms with Crippen molar-refractivity contribution in [3.63, 3.8) is 0 Å². The van der Waals surface area contributed by atoms with Crippen LogP contribution < -0.4 is 10.5 Å². The average molecular weight is 361 g/mol. The van der Waals surface area contributed by atoms with E-state index in [1.54, 1.807) is 24.3 Å². The molecule has 112 valence electrons. The maximum atomic E-state index is 12.9. The quantitative estimate of drug-likeness (QED) is 0.890. The number of hydrogen-bond donors (Lipinski definition) is 1. The van der Waals surface area contributed by atoms with Gasteiger partial charge in [-0.3, -0.25) is 0 Å². The van der Waals surface area contributed by atoms with Crippen molar-refractivity contribution < 1.29 is 17.9 Å². The topological polar surface area (TPSA) is 48.1 Å². The molecular weight excluding hydrogens is 349 g/mol. The highest BCUT2D eigenvalue weighted by molar-refractivity contribution is 9.10. The molecule has 0 aliphatic rings. The minimum atomic E-state index is -4.54. The first-order valence-corrected chi connectivity index (χ1v) is 6.89. The molecule has 0 amide bonds. The van der Waals surface area contributed by atoms with Gasteiger partial charge < -0.3 is 10.5 Å².